The SMILES string of the molecule is CN=C(NCCCn1cccn1)NCc1ccc(N(C)C2CCCCC2)cc1. The van der Waals surface area contributed by atoms with E-state index in [0.29, 0.717) is 6.04 Å². The highest BCUT2D eigenvalue weighted by molar-refractivity contribution is 5.79. The van der Waals surface area contributed by atoms with Gasteiger partial charge in [0.05, 0.1) is 0 Å². The standard InChI is InChI=1S/C22H34N6/c1-23-22(24-14-6-16-28-17-7-15-26-28)25-18-19-10-12-21(13-11-19)27(2)20-8-4-3-5-9-20/h7,10-13,15,17,20H,3-6,8-9,14,16,18H2,1-2H3,(H2,23,24,25). The quantitative estimate of drug-likeness (QED) is 0.417. The summed E-state index contributed by atoms with van der Waals surface area (Å²) in [5, 5.41) is 11.0. The molecule has 1 aliphatic rings. The second-order valence-electron chi connectivity index (χ2n) is 7.54. The predicted octanol–water partition coefficient (Wildman–Crippen LogP) is 3.41. The van der Waals surface area contributed by atoms with Crippen LogP contribution in [0.1, 0.15) is 44.1 Å². The van der Waals surface area contributed by atoms with Crippen molar-refractivity contribution in [3.63, 3.8) is 0 Å². The second-order valence-corrected chi connectivity index (χ2v) is 7.54. The van der Waals surface area contributed by atoms with Crippen molar-refractivity contribution < 1.29 is 0 Å². The highest BCUT2D eigenvalue weighted by atomic mass is 15.3. The summed E-state index contributed by atoms with van der Waals surface area (Å²) < 4.78 is 1.95. The van der Waals surface area contributed by atoms with E-state index in [4.69, 9.17) is 0 Å². The highest BCUT2D eigenvalue weighted by Gasteiger charge is 2.18. The van der Waals surface area contributed by atoms with Gasteiger partial charge in [-0.3, -0.25) is 9.67 Å². The number of hydrogen-bond acceptors (Lipinski definition) is 3. The zero-order valence-electron chi connectivity index (χ0n) is 17.3. The number of aliphatic imine (C=N–C) groups is 1. The van der Waals surface area contributed by atoms with Crippen LogP contribution in [0.3, 0.4) is 0 Å². The van der Waals surface area contributed by atoms with E-state index in [-0.39, 0.29) is 0 Å². The minimum absolute atomic E-state index is 0.697. The highest BCUT2D eigenvalue weighted by Crippen LogP contribution is 2.26. The maximum Gasteiger partial charge on any atom is 0.191 e. The Balaban J connectivity index is 1.40. The van der Waals surface area contributed by atoms with Crippen LogP contribution in [0.4, 0.5) is 5.69 Å². The minimum atomic E-state index is 0.697. The van der Waals surface area contributed by atoms with Gasteiger partial charge in [-0.2, -0.15) is 5.10 Å². The van der Waals surface area contributed by atoms with Gasteiger partial charge in [0.25, 0.3) is 0 Å². The van der Waals surface area contributed by atoms with Gasteiger partial charge in [-0.25, -0.2) is 0 Å². The zero-order chi connectivity index (χ0) is 19.6. The average Bonchev–Trinajstić information content (AvgIpc) is 3.27. The lowest BCUT2D eigenvalue weighted by atomic mass is 9.94. The first-order chi connectivity index (χ1) is 13.8. The van der Waals surface area contributed by atoms with Crippen molar-refractivity contribution in [2.24, 2.45) is 4.99 Å². The molecule has 1 heterocycles. The summed E-state index contributed by atoms with van der Waals surface area (Å²) in [7, 11) is 4.04. The molecule has 0 amide bonds. The van der Waals surface area contributed by atoms with Gasteiger partial charge >= 0.3 is 0 Å². The van der Waals surface area contributed by atoms with Crippen LogP contribution in [0.25, 0.3) is 0 Å². The van der Waals surface area contributed by atoms with Gasteiger partial charge in [-0.15, -0.1) is 0 Å². The van der Waals surface area contributed by atoms with E-state index in [0.717, 1.165) is 32.0 Å². The topological polar surface area (TPSA) is 57.5 Å². The third kappa shape index (κ3) is 6.01. The molecule has 0 radical (unpaired) electrons. The van der Waals surface area contributed by atoms with E-state index in [2.05, 4.69) is 56.9 Å². The lowest BCUT2D eigenvalue weighted by molar-refractivity contribution is 0.427. The Bertz CT molecular complexity index is 701. The van der Waals surface area contributed by atoms with Crippen LogP contribution in [0, 0.1) is 0 Å². The molecule has 2 N–H and O–H groups in total. The number of aryl methyl sites for hydroxylation is 1. The number of nitrogens with zero attached hydrogens (tertiary/aromatic N) is 4. The van der Waals surface area contributed by atoms with Crippen molar-refractivity contribution in [2.75, 3.05) is 25.5 Å². The van der Waals surface area contributed by atoms with Crippen molar-refractivity contribution in [3.8, 4) is 0 Å². The van der Waals surface area contributed by atoms with Crippen molar-refractivity contribution in [1.29, 1.82) is 0 Å². The molecule has 152 valence electrons. The van der Waals surface area contributed by atoms with Crippen LogP contribution in [0.2, 0.25) is 0 Å². The summed E-state index contributed by atoms with van der Waals surface area (Å²) in [6.45, 7) is 2.55. The van der Waals surface area contributed by atoms with Crippen molar-refractivity contribution in [2.45, 2.75) is 57.7 Å². The smallest absolute Gasteiger partial charge is 0.191 e. The lowest BCUT2D eigenvalue weighted by Gasteiger charge is -2.33. The number of anilines is 1. The van der Waals surface area contributed by atoms with E-state index in [1.54, 1.807) is 0 Å². The zero-order valence-corrected chi connectivity index (χ0v) is 17.3. The van der Waals surface area contributed by atoms with E-state index in [9.17, 15) is 0 Å². The molecule has 0 atom stereocenters. The molecule has 1 aromatic carbocycles. The van der Waals surface area contributed by atoms with Crippen molar-refractivity contribution in [3.05, 3.63) is 48.3 Å². The first-order valence-corrected chi connectivity index (χ1v) is 10.5. The van der Waals surface area contributed by atoms with Gasteiger partial charge < -0.3 is 15.5 Å². The molecule has 0 saturated heterocycles. The molecule has 1 saturated carbocycles. The van der Waals surface area contributed by atoms with Crippen LogP contribution in [0.5, 0.6) is 0 Å². The summed E-state index contributed by atoms with van der Waals surface area (Å²) in [5.74, 6) is 0.837. The fourth-order valence-corrected chi connectivity index (χ4v) is 3.82. The molecule has 0 unspecified atom stereocenters. The largest absolute Gasteiger partial charge is 0.372 e. The van der Waals surface area contributed by atoms with E-state index < -0.39 is 0 Å². The van der Waals surface area contributed by atoms with Crippen LogP contribution < -0.4 is 15.5 Å². The molecular formula is C22H34N6. The summed E-state index contributed by atoms with van der Waals surface area (Å²) in [6, 6.07) is 11.6. The number of guanidine groups is 1. The van der Waals surface area contributed by atoms with Crippen molar-refractivity contribution in [1.82, 2.24) is 20.4 Å². The predicted molar refractivity (Wildman–Crippen MR) is 117 cm³/mol. The van der Waals surface area contributed by atoms with E-state index in [1.165, 1.54) is 43.4 Å². The molecular weight excluding hydrogens is 348 g/mol. The third-order valence-corrected chi connectivity index (χ3v) is 5.57. The summed E-state index contributed by atoms with van der Waals surface area (Å²) in [4.78, 5) is 6.76. The molecule has 2 aromatic rings. The Morgan fingerprint density at radius 1 is 1.18 bits per heavy atom. The van der Waals surface area contributed by atoms with Crippen molar-refractivity contribution >= 4 is 11.6 Å². The van der Waals surface area contributed by atoms with E-state index in [1.807, 2.05) is 30.2 Å². The first kappa shape index (κ1) is 20.2. The monoisotopic (exact) mass is 382 g/mol. The normalized spacial score (nSPS) is 15.4. The van der Waals surface area contributed by atoms with Gasteiger partial charge in [-0.05, 0) is 43.0 Å². The Kier molecular flexibility index (Phi) is 7.76. The van der Waals surface area contributed by atoms with E-state index >= 15 is 0 Å². The van der Waals surface area contributed by atoms with Gasteiger partial charge in [0.15, 0.2) is 5.96 Å². The Morgan fingerprint density at radius 2 is 1.96 bits per heavy atom. The molecule has 0 spiro atoms. The molecule has 1 aliphatic carbocycles. The molecule has 1 aromatic heterocycles. The molecule has 6 nitrogen and oxygen atoms in total. The summed E-state index contributed by atoms with van der Waals surface area (Å²) >= 11 is 0. The third-order valence-electron chi connectivity index (χ3n) is 5.57. The van der Waals surface area contributed by atoms with Gasteiger partial charge in [0.1, 0.15) is 0 Å². The first-order valence-electron chi connectivity index (χ1n) is 10.5. The molecule has 0 aliphatic heterocycles. The number of nitrogens with one attached hydrogen (secondary N) is 2. The molecule has 1 fully saturated rings. The summed E-state index contributed by atoms with van der Waals surface area (Å²) in [5.41, 5.74) is 2.58. The molecule has 3 rings (SSSR count). The Morgan fingerprint density at radius 3 is 2.64 bits per heavy atom. The maximum atomic E-state index is 4.31. The minimum Gasteiger partial charge on any atom is -0.372 e. The second kappa shape index (κ2) is 10.7. The fraction of sp³-hybridized carbons (Fsp3) is 0.545. The van der Waals surface area contributed by atoms with Gasteiger partial charge in [-0.1, -0.05) is 31.4 Å². The van der Waals surface area contributed by atoms with Crippen LogP contribution in [0.15, 0.2) is 47.7 Å². The number of aromatic nitrogens is 2. The summed E-state index contributed by atoms with van der Waals surface area (Å²) in [6.07, 6.45) is 11.6. The molecule has 28 heavy (non-hydrogen) atoms. The number of hydrogen-bond donors (Lipinski definition) is 2. The average molecular weight is 383 g/mol. The fourth-order valence-electron chi connectivity index (χ4n) is 3.82. The molecule has 0 bridgehead atoms. The van der Waals surface area contributed by atoms with Crippen LogP contribution in [-0.2, 0) is 13.1 Å². The Hall–Kier alpha value is -2.50. The van der Waals surface area contributed by atoms with Gasteiger partial charge in [0, 0.05) is 57.9 Å². The lowest BCUT2D eigenvalue weighted by Crippen LogP contribution is -2.37. The number of benzene rings is 1. The molecule has 6 heteroatoms. The maximum absolute atomic E-state index is 4.31. The van der Waals surface area contributed by atoms with Gasteiger partial charge in [0.2, 0.25) is 0 Å². The number of rotatable bonds is 8. The Labute approximate surface area is 169 Å². The van der Waals surface area contributed by atoms with Crippen LogP contribution >= 0.6 is 0 Å². The van der Waals surface area contributed by atoms with Crippen LogP contribution in [-0.4, -0.2) is 42.4 Å².